The van der Waals surface area contributed by atoms with Gasteiger partial charge in [-0.1, -0.05) is 86.0 Å². The molecule has 0 aliphatic heterocycles. The van der Waals surface area contributed by atoms with E-state index in [4.69, 9.17) is 11.5 Å². The Hall–Kier alpha value is -4.44. The molecule has 4 atom stereocenters. The molecular weight excluding hydrogens is 664 g/mol. The first kappa shape index (κ1) is 46.6. The summed E-state index contributed by atoms with van der Waals surface area (Å²) < 4.78 is 0. The SMILES string of the molecule is CCCCCCCCCCCC(=O)N[C@H](C(=O)N[C@@H](CCCN=C(N)N)C(=O)NCC(=O)N[C@@H](CC(=O)O)C(=O)N[C@H](C(=O)O)C(C)C)C(C)C. The van der Waals surface area contributed by atoms with Gasteiger partial charge in [0.15, 0.2) is 5.96 Å². The van der Waals surface area contributed by atoms with Gasteiger partial charge < -0.3 is 48.3 Å². The van der Waals surface area contributed by atoms with Crippen molar-refractivity contribution in [2.24, 2.45) is 28.3 Å². The molecule has 17 nitrogen and oxygen atoms in total. The fourth-order valence-corrected chi connectivity index (χ4v) is 5.10. The fourth-order valence-electron chi connectivity index (χ4n) is 5.10. The summed E-state index contributed by atoms with van der Waals surface area (Å²) in [6.45, 7) is 8.23. The Balaban J connectivity index is 5.40. The largest absolute Gasteiger partial charge is 0.481 e. The van der Waals surface area contributed by atoms with Gasteiger partial charge in [-0.05, 0) is 31.1 Å². The maximum absolute atomic E-state index is 13.3. The Morgan fingerprint density at radius 1 is 0.627 bits per heavy atom. The summed E-state index contributed by atoms with van der Waals surface area (Å²) in [7, 11) is 0. The van der Waals surface area contributed by atoms with Crippen molar-refractivity contribution < 1.29 is 43.8 Å². The monoisotopic (exact) mass is 726 g/mol. The van der Waals surface area contributed by atoms with Crippen LogP contribution in [0.5, 0.6) is 0 Å². The highest BCUT2D eigenvalue weighted by atomic mass is 16.4. The number of carbonyl (C=O) groups excluding carboxylic acids is 5. The molecule has 17 heteroatoms. The smallest absolute Gasteiger partial charge is 0.326 e. The minimum atomic E-state index is -1.63. The zero-order chi connectivity index (χ0) is 38.9. The van der Waals surface area contributed by atoms with Crippen molar-refractivity contribution in [3.8, 4) is 0 Å². The number of rotatable bonds is 28. The van der Waals surface area contributed by atoms with Gasteiger partial charge >= 0.3 is 11.9 Å². The average Bonchev–Trinajstić information content (AvgIpc) is 3.04. The summed E-state index contributed by atoms with van der Waals surface area (Å²) in [6.07, 6.45) is 9.62. The van der Waals surface area contributed by atoms with Crippen molar-refractivity contribution in [2.45, 2.75) is 142 Å². The van der Waals surface area contributed by atoms with Gasteiger partial charge in [0.2, 0.25) is 29.5 Å². The molecule has 0 aliphatic carbocycles. The van der Waals surface area contributed by atoms with Crippen LogP contribution in [0.1, 0.15) is 118 Å². The molecule has 0 fully saturated rings. The predicted molar refractivity (Wildman–Crippen MR) is 192 cm³/mol. The number of guanidine groups is 1. The number of hydrogen-bond acceptors (Lipinski definition) is 8. The molecule has 0 aromatic carbocycles. The molecule has 0 saturated heterocycles. The molecule has 11 N–H and O–H groups in total. The van der Waals surface area contributed by atoms with E-state index >= 15 is 0 Å². The molecule has 0 bridgehead atoms. The molecule has 0 aromatic heterocycles. The molecule has 292 valence electrons. The number of unbranched alkanes of at least 4 members (excludes halogenated alkanes) is 8. The molecule has 51 heavy (non-hydrogen) atoms. The second kappa shape index (κ2) is 26.4. The molecule has 0 heterocycles. The minimum Gasteiger partial charge on any atom is -0.481 e. The van der Waals surface area contributed by atoms with E-state index in [-0.39, 0.29) is 43.6 Å². The van der Waals surface area contributed by atoms with E-state index in [0.717, 1.165) is 19.3 Å². The number of carbonyl (C=O) groups is 7. The van der Waals surface area contributed by atoms with Gasteiger partial charge in [-0.15, -0.1) is 0 Å². The molecule has 0 radical (unpaired) electrons. The fraction of sp³-hybridized carbons (Fsp3) is 0.765. The van der Waals surface area contributed by atoms with E-state index in [2.05, 4.69) is 38.5 Å². The average molecular weight is 727 g/mol. The second-order valence-corrected chi connectivity index (χ2v) is 13.4. The number of nitrogens with two attached hydrogens (primary N) is 2. The summed E-state index contributed by atoms with van der Waals surface area (Å²) in [5.41, 5.74) is 10.8. The number of amides is 5. The first-order valence-corrected chi connectivity index (χ1v) is 18.0. The Labute approximate surface area is 301 Å². The van der Waals surface area contributed by atoms with Gasteiger partial charge in [-0.2, -0.15) is 0 Å². The van der Waals surface area contributed by atoms with E-state index < -0.39 is 78.6 Å². The zero-order valence-corrected chi connectivity index (χ0v) is 30.9. The third-order valence-corrected chi connectivity index (χ3v) is 8.04. The molecule has 0 spiro atoms. The van der Waals surface area contributed by atoms with Gasteiger partial charge in [-0.25, -0.2) is 4.79 Å². The standard InChI is InChI=1S/C34H62N8O9/c1-6-7-8-9-10-11-12-13-14-17-25(43)41-28(21(2)3)32(49)40-23(16-15-18-37-34(35)36)30(47)38-20-26(44)39-24(19-27(45)46)31(48)42-29(22(4)5)33(50)51/h21-24,28-29H,6-20H2,1-5H3,(H,38,47)(H,39,44)(H,40,49)(H,41,43)(H,42,48)(H,45,46)(H,50,51)(H4,35,36,37)/t23-,24-,28-,29-/m0/s1. The van der Waals surface area contributed by atoms with Gasteiger partial charge in [0.05, 0.1) is 13.0 Å². The summed E-state index contributed by atoms with van der Waals surface area (Å²) >= 11 is 0. The molecule has 0 rings (SSSR count). The number of carboxylic acid groups (broad SMARTS) is 2. The van der Waals surface area contributed by atoms with Crippen molar-refractivity contribution in [3.63, 3.8) is 0 Å². The van der Waals surface area contributed by atoms with Crippen LogP contribution in [-0.4, -0.2) is 94.9 Å². The number of hydrogen-bond donors (Lipinski definition) is 9. The lowest BCUT2D eigenvalue weighted by molar-refractivity contribution is -0.144. The molecule has 0 saturated carbocycles. The second-order valence-electron chi connectivity index (χ2n) is 13.4. The summed E-state index contributed by atoms with van der Waals surface area (Å²) in [5.74, 6) is -7.38. The Bertz CT molecular complexity index is 1160. The van der Waals surface area contributed by atoms with E-state index in [1.807, 2.05) is 0 Å². The topological polar surface area (TPSA) is 284 Å². The van der Waals surface area contributed by atoms with Gasteiger partial charge in [-0.3, -0.25) is 33.8 Å². The van der Waals surface area contributed by atoms with Crippen LogP contribution in [-0.2, 0) is 33.6 Å². The number of nitrogens with one attached hydrogen (secondary N) is 5. The van der Waals surface area contributed by atoms with E-state index in [9.17, 15) is 43.8 Å². The highest BCUT2D eigenvalue weighted by Gasteiger charge is 2.31. The van der Waals surface area contributed by atoms with E-state index in [1.165, 1.54) is 32.1 Å². The lowest BCUT2D eigenvalue weighted by atomic mass is 10.0. The summed E-state index contributed by atoms with van der Waals surface area (Å²) in [6, 6.07) is -5.07. The highest BCUT2D eigenvalue weighted by Crippen LogP contribution is 2.11. The van der Waals surface area contributed by atoms with Crippen LogP contribution in [0.2, 0.25) is 0 Å². The highest BCUT2D eigenvalue weighted by molar-refractivity contribution is 5.95. The van der Waals surface area contributed by atoms with Crippen LogP contribution in [0.25, 0.3) is 0 Å². The summed E-state index contributed by atoms with van der Waals surface area (Å²) in [4.78, 5) is 91.4. The minimum absolute atomic E-state index is 0.0585. The van der Waals surface area contributed by atoms with Crippen LogP contribution < -0.4 is 38.1 Å². The normalized spacial score (nSPS) is 13.3. The van der Waals surface area contributed by atoms with E-state index in [1.54, 1.807) is 27.7 Å². The Kier molecular flexibility index (Phi) is 24.1. The number of nitrogens with zero attached hydrogens (tertiary/aromatic N) is 1. The van der Waals surface area contributed by atoms with Gasteiger partial charge in [0, 0.05) is 13.0 Å². The summed E-state index contributed by atoms with van der Waals surface area (Å²) in [5, 5.41) is 30.8. The number of aliphatic carboxylic acids is 2. The van der Waals surface area contributed by atoms with Crippen LogP contribution >= 0.6 is 0 Å². The van der Waals surface area contributed by atoms with Crippen LogP contribution in [0.3, 0.4) is 0 Å². The van der Waals surface area contributed by atoms with Crippen molar-refractivity contribution in [3.05, 3.63) is 0 Å². The maximum Gasteiger partial charge on any atom is 0.326 e. The molecule has 0 unspecified atom stereocenters. The lowest BCUT2D eigenvalue weighted by Gasteiger charge is -2.25. The van der Waals surface area contributed by atoms with Gasteiger partial charge in [0.1, 0.15) is 24.2 Å². The van der Waals surface area contributed by atoms with Crippen molar-refractivity contribution >= 4 is 47.4 Å². The predicted octanol–water partition coefficient (Wildman–Crippen LogP) is 0.888. The Morgan fingerprint density at radius 3 is 1.71 bits per heavy atom. The third kappa shape index (κ3) is 22.1. The molecule has 0 aromatic rings. The van der Waals surface area contributed by atoms with Crippen LogP contribution in [0.4, 0.5) is 0 Å². The van der Waals surface area contributed by atoms with Crippen molar-refractivity contribution in [1.82, 2.24) is 26.6 Å². The number of carboxylic acids is 2. The molecule has 0 aliphatic rings. The van der Waals surface area contributed by atoms with Crippen LogP contribution in [0.15, 0.2) is 4.99 Å². The quantitative estimate of drug-likeness (QED) is 0.0310. The maximum atomic E-state index is 13.3. The lowest BCUT2D eigenvalue weighted by Crippen LogP contribution is -2.57. The van der Waals surface area contributed by atoms with E-state index in [0.29, 0.717) is 6.42 Å². The van der Waals surface area contributed by atoms with Crippen molar-refractivity contribution in [1.29, 1.82) is 0 Å². The molecular formula is C34H62N8O9. The zero-order valence-electron chi connectivity index (χ0n) is 30.9. The molecule has 5 amide bonds. The first-order valence-electron chi connectivity index (χ1n) is 18.0. The Morgan fingerprint density at radius 2 is 1.20 bits per heavy atom. The van der Waals surface area contributed by atoms with Crippen molar-refractivity contribution in [2.75, 3.05) is 13.1 Å². The third-order valence-electron chi connectivity index (χ3n) is 8.04. The first-order chi connectivity index (χ1) is 24.0. The van der Waals surface area contributed by atoms with Gasteiger partial charge in [0.25, 0.3) is 0 Å². The number of aliphatic imine (C=N–C) groups is 1. The van der Waals surface area contributed by atoms with Crippen LogP contribution in [0, 0.1) is 11.8 Å².